The second kappa shape index (κ2) is 5.66. The molecule has 4 heteroatoms. The molecular formula is C11H20N4. The lowest BCUT2D eigenvalue weighted by Crippen LogP contribution is -2.31. The van der Waals surface area contributed by atoms with Gasteiger partial charge in [0.1, 0.15) is 0 Å². The van der Waals surface area contributed by atoms with Crippen molar-refractivity contribution < 1.29 is 0 Å². The molecule has 0 amide bonds. The van der Waals surface area contributed by atoms with Gasteiger partial charge in [-0.2, -0.15) is 0 Å². The molecule has 1 aromatic rings. The predicted molar refractivity (Wildman–Crippen MR) is 62.7 cm³/mol. The van der Waals surface area contributed by atoms with Crippen LogP contribution in [0.4, 0.5) is 5.95 Å². The molecule has 0 saturated carbocycles. The first-order valence-electron chi connectivity index (χ1n) is 5.38. The van der Waals surface area contributed by atoms with Gasteiger partial charge in [-0.1, -0.05) is 13.8 Å². The molecule has 1 atom stereocenters. The average molecular weight is 208 g/mol. The second-order valence-electron chi connectivity index (χ2n) is 4.23. The minimum Gasteiger partial charge on any atom is -0.350 e. The third kappa shape index (κ3) is 4.25. The Bertz CT molecular complexity index is 298. The van der Waals surface area contributed by atoms with Crippen molar-refractivity contribution in [2.24, 2.45) is 11.7 Å². The molecule has 1 unspecified atom stereocenters. The van der Waals surface area contributed by atoms with Crippen molar-refractivity contribution in [1.82, 2.24) is 9.97 Å². The van der Waals surface area contributed by atoms with E-state index in [1.54, 1.807) is 6.20 Å². The van der Waals surface area contributed by atoms with E-state index in [0.717, 1.165) is 12.1 Å². The van der Waals surface area contributed by atoms with Crippen molar-refractivity contribution in [2.75, 3.05) is 11.9 Å². The van der Waals surface area contributed by atoms with E-state index in [9.17, 15) is 0 Å². The number of nitrogens with two attached hydrogens (primary N) is 1. The largest absolute Gasteiger partial charge is 0.350 e. The summed E-state index contributed by atoms with van der Waals surface area (Å²) in [5, 5.41) is 3.25. The van der Waals surface area contributed by atoms with E-state index in [4.69, 9.17) is 5.73 Å². The Morgan fingerprint density at radius 3 is 2.73 bits per heavy atom. The van der Waals surface area contributed by atoms with Gasteiger partial charge in [-0.3, -0.25) is 0 Å². The highest BCUT2D eigenvalue weighted by molar-refractivity contribution is 5.26. The fourth-order valence-corrected chi connectivity index (χ4v) is 1.48. The van der Waals surface area contributed by atoms with Crippen LogP contribution < -0.4 is 11.1 Å². The highest BCUT2D eigenvalue weighted by Gasteiger charge is 2.09. The summed E-state index contributed by atoms with van der Waals surface area (Å²) in [7, 11) is 0. The van der Waals surface area contributed by atoms with Crippen LogP contribution in [0.3, 0.4) is 0 Å². The smallest absolute Gasteiger partial charge is 0.223 e. The minimum absolute atomic E-state index is 0.256. The lowest BCUT2D eigenvalue weighted by molar-refractivity contribution is 0.519. The van der Waals surface area contributed by atoms with Gasteiger partial charge in [0, 0.05) is 24.5 Å². The first kappa shape index (κ1) is 11.9. The summed E-state index contributed by atoms with van der Waals surface area (Å²) in [5.74, 6) is 1.29. The van der Waals surface area contributed by atoms with Gasteiger partial charge in [0.05, 0.1) is 0 Å². The summed E-state index contributed by atoms with van der Waals surface area (Å²) in [4.78, 5) is 8.45. The van der Waals surface area contributed by atoms with Gasteiger partial charge >= 0.3 is 0 Å². The van der Waals surface area contributed by atoms with Crippen molar-refractivity contribution in [3.63, 3.8) is 0 Å². The Balaban J connectivity index is 2.58. The van der Waals surface area contributed by atoms with E-state index in [0.29, 0.717) is 18.4 Å². The summed E-state index contributed by atoms with van der Waals surface area (Å²) in [6.07, 6.45) is 2.79. The zero-order valence-electron chi connectivity index (χ0n) is 9.70. The Morgan fingerprint density at radius 2 is 2.20 bits per heavy atom. The first-order valence-corrected chi connectivity index (χ1v) is 5.38. The molecule has 0 aromatic carbocycles. The standard InChI is InChI=1S/C11H20N4/c1-8(2)6-10(7-12)15-11-13-5-4-9(3)14-11/h4-5,8,10H,6-7,12H2,1-3H3,(H,13,14,15). The van der Waals surface area contributed by atoms with Crippen LogP contribution in [0.25, 0.3) is 0 Å². The average Bonchev–Trinajstić information content (AvgIpc) is 2.16. The molecule has 3 N–H and O–H groups in total. The number of hydrogen-bond donors (Lipinski definition) is 2. The van der Waals surface area contributed by atoms with E-state index >= 15 is 0 Å². The number of nitrogens with zero attached hydrogens (tertiary/aromatic N) is 2. The molecule has 4 nitrogen and oxygen atoms in total. The van der Waals surface area contributed by atoms with Gasteiger partial charge in [0.2, 0.25) is 5.95 Å². The van der Waals surface area contributed by atoms with E-state index in [1.165, 1.54) is 0 Å². The molecule has 0 aliphatic heterocycles. The summed E-state index contributed by atoms with van der Waals surface area (Å²) >= 11 is 0. The monoisotopic (exact) mass is 208 g/mol. The molecule has 0 saturated heterocycles. The van der Waals surface area contributed by atoms with Crippen LogP contribution in [-0.4, -0.2) is 22.6 Å². The maximum Gasteiger partial charge on any atom is 0.223 e. The molecule has 1 aromatic heterocycles. The van der Waals surface area contributed by atoms with Crippen molar-refractivity contribution >= 4 is 5.95 Å². The van der Waals surface area contributed by atoms with Gasteiger partial charge in [-0.05, 0) is 25.3 Å². The number of nitrogens with one attached hydrogen (secondary N) is 1. The van der Waals surface area contributed by atoms with Gasteiger partial charge < -0.3 is 11.1 Å². The van der Waals surface area contributed by atoms with Crippen LogP contribution in [0.1, 0.15) is 26.0 Å². The fraction of sp³-hybridized carbons (Fsp3) is 0.636. The SMILES string of the molecule is Cc1ccnc(NC(CN)CC(C)C)n1. The molecule has 0 radical (unpaired) electrons. The lowest BCUT2D eigenvalue weighted by atomic mass is 10.0. The third-order valence-electron chi connectivity index (χ3n) is 2.17. The summed E-state index contributed by atoms with van der Waals surface area (Å²) in [6, 6.07) is 2.14. The highest BCUT2D eigenvalue weighted by Crippen LogP contribution is 2.08. The second-order valence-corrected chi connectivity index (χ2v) is 4.23. The molecule has 0 fully saturated rings. The topological polar surface area (TPSA) is 63.8 Å². The molecule has 15 heavy (non-hydrogen) atoms. The van der Waals surface area contributed by atoms with E-state index < -0.39 is 0 Å². The normalized spacial score (nSPS) is 12.9. The lowest BCUT2D eigenvalue weighted by Gasteiger charge is -2.18. The van der Waals surface area contributed by atoms with Gasteiger partial charge in [0.25, 0.3) is 0 Å². The van der Waals surface area contributed by atoms with E-state index in [-0.39, 0.29) is 6.04 Å². The summed E-state index contributed by atoms with van der Waals surface area (Å²) < 4.78 is 0. The zero-order chi connectivity index (χ0) is 11.3. The first-order chi connectivity index (χ1) is 7.11. The van der Waals surface area contributed by atoms with Gasteiger partial charge in [-0.25, -0.2) is 9.97 Å². The van der Waals surface area contributed by atoms with Crippen molar-refractivity contribution in [2.45, 2.75) is 33.2 Å². The van der Waals surface area contributed by atoms with E-state index in [2.05, 4.69) is 29.1 Å². The Labute approximate surface area is 91.3 Å². The maximum absolute atomic E-state index is 5.69. The molecule has 0 aliphatic carbocycles. The molecule has 1 rings (SSSR count). The molecule has 0 aliphatic rings. The number of hydrogen-bond acceptors (Lipinski definition) is 4. The molecule has 0 spiro atoms. The predicted octanol–water partition coefficient (Wildman–Crippen LogP) is 1.57. The number of aromatic nitrogens is 2. The third-order valence-corrected chi connectivity index (χ3v) is 2.17. The van der Waals surface area contributed by atoms with Crippen LogP contribution in [0.15, 0.2) is 12.3 Å². The highest BCUT2D eigenvalue weighted by atomic mass is 15.1. The van der Waals surface area contributed by atoms with Gasteiger partial charge in [-0.15, -0.1) is 0 Å². The van der Waals surface area contributed by atoms with Crippen molar-refractivity contribution in [3.8, 4) is 0 Å². The number of rotatable bonds is 5. The molecular weight excluding hydrogens is 188 g/mol. The van der Waals surface area contributed by atoms with Crippen LogP contribution in [0, 0.1) is 12.8 Å². The van der Waals surface area contributed by atoms with Crippen LogP contribution >= 0.6 is 0 Å². The molecule has 1 heterocycles. The van der Waals surface area contributed by atoms with Crippen LogP contribution in [0.2, 0.25) is 0 Å². The maximum atomic E-state index is 5.69. The molecule has 0 bridgehead atoms. The Hall–Kier alpha value is -1.16. The number of anilines is 1. The van der Waals surface area contributed by atoms with Crippen molar-refractivity contribution in [3.05, 3.63) is 18.0 Å². The van der Waals surface area contributed by atoms with Crippen molar-refractivity contribution in [1.29, 1.82) is 0 Å². The zero-order valence-corrected chi connectivity index (χ0v) is 9.70. The van der Waals surface area contributed by atoms with Crippen LogP contribution in [-0.2, 0) is 0 Å². The van der Waals surface area contributed by atoms with E-state index in [1.807, 2.05) is 13.0 Å². The Morgan fingerprint density at radius 1 is 1.47 bits per heavy atom. The fourth-order valence-electron chi connectivity index (χ4n) is 1.48. The van der Waals surface area contributed by atoms with Crippen LogP contribution in [0.5, 0.6) is 0 Å². The van der Waals surface area contributed by atoms with Gasteiger partial charge in [0.15, 0.2) is 0 Å². The molecule has 84 valence electrons. The quantitative estimate of drug-likeness (QED) is 0.771. The number of aryl methyl sites for hydroxylation is 1. The Kier molecular flexibility index (Phi) is 4.49. The minimum atomic E-state index is 0.256. The summed E-state index contributed by atoms with van der Waals surface area (Å²) in [5.41, 5.74) is 6.65. The summed E-state index contributed by atoms with van der Waals surface area (Å²) in [6.45, 7) is 6.92.